The summed E-state index contributed by atoms with van der Waals surface area (Å²) in [5.41, 5.74) is -0.403. The summed E-state index contributed by atoms with van der Waals surface area (Å²) in [5, 5.41) is -0.00432. The first-order valence-electron chi connectivity index (χ1n) is 15.4. The van der Waals surface area contributed by atoms with E-state index in [4.69, 9.17) is 22.7 Å². The number of hydrogen-bond donors (Lipinski definition) is 0. The first-order chi connectivity index (χ1) is 22.1. The van der Waals surface area contributed by atoms with Crippen molar-refractivity contribution in [3.8, 4) is 0 Å². The Kier molecular flexibility index (Phi) is 15.5. The van der Waals surface area contributed by atoms with Crippen molar-refractivity contribution < 1.29 is 37.1 Å². The third-order valence-electron chi connectivity index (χ3n) is 8.11. The molecule has 0 radical (unpaired) electrons. The van der Waals surface area contributed by atoms with Crippen molar-refractivity contribution in [3.63, 3.8) is 0 Å². The fourth-order valence-electron chi connectivity index (χ4n) is 4.10. The van der Waals surface area contributed by atoms with E-state index in [1.54, 1.807) is 18.2 Å². The van der Waals surface area contributed by atoms with Crippen molar-refractivity contribution in [2.24, 2.45) is 5.41 Å². The second-order valence-electron chi connectivity index (χ2n) is 12.9. The average Bonchev–Trinajstić information content (AvgIpc) is 3.68. The average molecular weight is 734 g/mol. The van der Waals surface area contributed by atoms with Gasteiger partial charge in [0.25, 0.3) is 0 Å². The Balaban J connectivity index is 2.22. The smallest absolute Gasteiger partial charge is 0.360 e. The standard InChI is InChI=1S/C35H49BrN2O8Si/c1-11-17-29(46-47(9,10)34(2,3)4)35(5,6)28(45-33(40)27-24-43-30(37-27)20-21-36)19-16-14-12-13-15-18-25(41-7)22-31-38-26(23-44-31)32(39)42-8/h11-18,20-21,23-25,28-29H,19,22H2,1-10H3/b13-12?,16-14?,17-11?,18-15?,21-20-. The predicted molar refractivity (Wildman–Crippen MR) is 189 cm³/mol. The second-order valence-corrected chi connectivity index (χ2v) is 18.2. The second kappa shape index (κ2) is 18.3. The minimum atomic E-state index is -2.18. The summed E-state index contributed by atoms with van der Waals surface area (Å²) < 4.78 is 33.9. The molecule has 12 heteroatoms. The molecule has 0 spiro atoms. The zero-order chi connectivity index (χ0) is 35.3. The molecular formula is C35H49BrN2O8Si. The lowest BCUT2D eigenvalue weighted by atomic mass is 9.79. The monoisotopic (exact) mass is 732 g/mol. The van der Waals surface area contributed by atoms with E-state index in [1.807, 2.05) is 55.5 Å². The van der Waals surface area contributed by atoms with Gasteiger partial charge in [0.05, 0.1) is 25.7 Å². The molecule has 2 rings (SSSR count). The van der Waals surface area contributed by atoms with Gasteiger partial charge in [-0.3, -0.25) is 0 Å². The van der Waals surface area contributed by atoms with Gasteiger partial charge in [-0.2, -0.15) is 0 Å². The Bertz CT molecular complexity index is 1450. The normalized spacial score (nSPS) is 15.4. The van der Waals surface area contributed by atoms with E-state index in [-0.39, 0.29) is 34.5 Å². The predicted octanol–water partition coefficient (Wildman–Crippen LogP) is 8.65. The lowest BCUT2D eigenvalue weighted by Gasteiger charge is -2.45. The van der Waals surface area contributed by atoms with E-state index >= 15 is 0 Å². The lowest BCUT2D eigenvalue weighted by molar-refractivity contribution is -0.0420. The van der Waals surface area contributed by atoms with E-state index in [0.717, 1.165) is 0 Å². The zero-order valence-corrected chi connectivity index (χ0v) is 31.7. The van der Waals surface area contributed by atoms with Crippen molar-refractivity contribution in [2.75, 3.05) is 14.2 Å². The number of aromatic nitrogens is 2. The van der Waals surface area contributed by atoms with Crippen molar-refractivity contribution in [2.45, 2.75) is 90.8 Å². The first kappa shape index (κ1) is 39.9. The maximum absolute atomic E-state index is 13.3. The van der Waals surface area contributed by atoms with Crippen LogP contribution >= 0.6 is 15.9 Å². The van der Waals surface area contributed by atoms with Gasteiger partial charge < -0.3 is 27.5 Å². The van der Waals surface area contributed by atoms with Gasteiger partial charge in [0.15, 0.2) is 25.6 Å². The number of rotatable bonds is 17. The van der Waals surface area contributed by atoms with E-state index in [2.05, 4.69) is 78.3 Å². The Morgan fingerprint density at radius 3 is 2.23 bits per heavy atom. The van der Waals surface area contributed by atoms with Gasteiger partial charge in [0, 0.05) is 25.0 Å². The van der Waals surface area contributed by atoms with E-state index in [0.29, 0.717) is 18.7 Å². The molecule has 0 N–H and O–H groups in total. The number of halogens is 1. The molecule has 0 fully saturated rings. The Morgan fingerprint density at radius 1 is 0.957 bits per heavy atom. The van der Waals surface area contributed by atoms with Crippen LogP contribution in [-0.4, -0.2) is 62.8 Å². The maximum Gasteiger partial charge on any atom is 0.360 e. The summed E-state index contributed by atoms with van der Waals surface area (Å²) in [6.45, 7) is 17.1. The molecule has 10 nitrogen and oxygen atoms in total. The number of esters is 2. The zero-order valence-electron chi connectivity index (χ0n) is 29.1. The van der Waals surface area contributed by atoms with Crippen molar-refractivity contribution in [3.05, 3.63) is 89.3 Å². The number of hydrogen-bond acceptors (Lipinski definition) is 10. The summed E-state index contributed by atoms with van der Waals surface area (Å²) in [4.78, 5) is 34.8. The van der Waals surface area contributed by atoms with E-state index in [9.17, 15) is 9.59 Å². The molecule has 2 aromatic heterocycles. The van der Waals surface area contributed by atoms with Crippen LogP contribution in [0.3, 0.4) is 0 Å². The van der Waals surface area contributed by atoms with Gasteiger partial charge in [0.1, 0.15) is 18.6 Å². The highest BCUT2D eigenvalue weighted by Crippen LogP contribution is 2.42. The fourth-order valence-corrected chi connectivity index (χ4v) is 5.70. The number of methoxy groups -OCH3 is 2. The minimum absolute atomic E-state index is 0.00432. The molecule has 47 heavy (non-hydrogen) atoms. The van der Waals surface area contributed by atoms with Crippen LogP contribution in [0.25, 0.3) is 6.08 Å². The Morgan fingerprint density at radius 2 is 1.62 bits per heavy atom. The summed E-state index contributed by atoms with van der Waals surface area (Å²) in [6.07, 6.45) is 19.1. The highest BCUT2D eigenvalue weighted by Gasteiger charge is 2.45. The van der Waals surface area contributed by atoms with Gasteiger partial charge >= 0.3 is 11.9 Å². The maximum atomic E-state index is 13.3. The van der Waals surface area contributed by atoms with Crippen LogP contribution in [0.15, 0.2) is 75.0 Å². The Labute approximate surface area is 288 Å². The van der Waals surface area contributed by atoms with Crippen molar-refractivity contribution in [1.82, 2.24) is 9.97 Å². The number of allylic oxidation sites excluding steroid dienone is 5. The quantitative estimate of drug-likeness (QED) is 0.0676. The molecule has 0 aromatic carbocycles. The molecule has 2 heterocycles. The van der Waals surface area contributed by atoms with Crippen molar-refractivity contribution >= 4 is 42.3 Å². The van der Waals surface area contributed by atoms with Crippen LogP contribution in [0.4, 0.5) is 0 Å². The van der Waals surface area contributed by atoms with Crippen LogP contribution in [0.5, 0.6) is 0 Å². The molecule has 0 amide bonds. The van der Waals surface area contributed by atoms with Crippen LogP contribution in [0.1, 0.15) is 80.7 Å². The highest BCUT2D eigenvalue weighted by molar-refractivity contribution is 9.11. The topological polar surface area (TPSA) is 123 Å². The van der Waals surface area contributed by atoms with Crippen LogP contribution in [0.2, 0.25) is 18.1 Å². The number of ether oxygens (including phenoxy) is 3. The van der Waals surface area contributed by atoms with Gasteiger partial charge in [0.2, 0.25) is 5.89 Å². The summed E-state index contributed by atoms with van der Waals surface area (Å²) in [6, 6.07) is 0. The minimum Gasteiger partial charge on any atom is -0.464 e. The fraction of sp³-hybridized carbons (Fsp3) is 0.486. The SMILES string of the molecule is CC=CC(O[Si](C)(C)C(C)(C)C)C(C)(C)C(CC=CC=CC=CC(Cc1nc(C(=O)OC)co1)OC)OC(=O)c1coc(/C=C\Br)n1. The molecule has 3 atom stereocenters. The number of nitrogens with zero attached hydrogens (tertiary/aromatic N) is 2. The van der Waals surface area contributed by atoms with E-state index < -0.39 is 31.8 Å². The molecule has 0 aliphatic carbocycles. The number of carbonyl (C=O) groups is 2. The number of oxazole rings is 2. The first-order valence-corrected chi connectivity index (χ1v) is 19.2. The molecule has 0 aliphatic heterocycles. The largest absolute Gasteiger partial charge is 0.464 e. The molecule has 3 unspecified atom stereocenters. The van der Waals surface area contributed by atoms with Gasteiger partial charge in [-0.1, -0.05) is 99.2 Å². The summed E-state index contributed by atoms with van der Waals surface area (Å²) in [7, 11) is 0.695. The lowest BCUT2D eigenvalue weighted by Crippen LogP contribution is -2.51. The van der Waals surface area contributed by atoms with E-state index in [1.165, 1.54) is 19.6 Å². The Hall–Kier alpha value is -3.32. The summed E-state index contributed by atoms with van der Waals surface area (Å²) >= 11 is 3.19. The number of carbonyl (C=O) groups excluding carboxylic acids is 2. The summed E-state index contributed by atoms with van der Waals surface area (Å²) in [5.74, 6) is -0.480. The van der Waals surface area contributed by atoms with Crippen LogP contribution in [-0.2, 0) is 25.1 Å². The molecule has 0 saturated heterocycles. The molecule has 258 valence electrons. The molecule has 2 aromatic rings. The molecular weight excluding hydrogens is 684 g/mol. The molecule has 0 bridgehead atoms. The van der Waals surface area contributed by atoms with Crippen LogP contribution < -0.4 is 0 Å². The van der Waals surface area contributed by atoms with Gasteiger partial charge in [-0.05, 0) is 30.0 Å². The molecule has 0 aliphatic rings. The molecule has 0 saturated carbocycles. The van der Waals surface area contributed by atoms with Crippen LogP contribution in [0, 0.1) is 5.41 Å². The van der Waals surface area contributed by atoms with Gasteiger partial charge in [-0.25, -0.2) is 19.6 Å². The third-order valence-corrected chi connectivity index (χ3v) is 12.8. The van der Waals surface area contributed by atoms with Gasteiger partial charge in [-0.15, -0.1) is 0 Å². The van der Waals surface area contributed by atoms with Crippen molar-refractivity contribution in [1.29, 1.82) is 0 Å². The highest BCUT2D eigenvalue weighted by atomic mass is 79.9. The third kappa shape index (κ3) is 12.0.